The van der Waals surface area contributed by atoms with Gasteiger partial charge in [0.1, 0.15) is 0 Å². The molecule has 3 aromatic rings. The van der Waals surface area contributed by atoms with Gasteiger partial charge in [-0.05, 0) is 56.2 Å². The molecular weight excluding hydrogens is 421 g/mol. The van der Waals surface area contributed by atoms with Crippen molar-refractivity contribution in [3.05, 3.63) is 67.9 Å². The molecular formula is C23H23F3N4O2. The Labute approximate surface area is 181 Å². The van der Waals surface area contributed by atoms with Crippen LogP contribution in [-0.4, -0.2) is 14.3 Å². The van der Waals surface area contributed by atoms with Crippen molar-refractivity contribution in [3.8, 4) is 0 Å². The van der Waals surface area contributed by atoms with Crippen LogP contribution in [0.1, 0.15) is 48.9 Å². The number of aryl methyl sites for hydroxylation is 1. The van der Waals surface area contributed by atoms with Gasteiger partial charge in [-0.15, -0.1) is 0 Å². The van der Waals surface area contributed by atoms with Crippen molar-refractivity contribution in [1.29, 1.82) is 0 Å². The van der Waals surface area contributed by atoms with Crippen molar-refractivity contribution in [1.82, 2.24) is 14.3 Å². The molecule has 0 radical (unpaired) electrons. The maximum Gasteiger partial charge on any atom is 0.416 e. The average molecular weight is 444 g/mol. The monoisotopic (exact) mass is 444 g/mol. The van der Waals surface area contributed by atoms with Gasteiger partial charge in [-0.2, -0.15) is 18.3 Å². The van der Waals surface area contributed by atoms with Crippen LogP contribution >= 0.6 is 0 Å². The molecule has 0 spiro atoms. The molecule has 2 bridgehead atoms. The van der Waals surface area contributed by atoms with Crippen LogP contribution in [0.15, 0.2) is 40.1 Å². The minimum Gasteiger partial charge on any atom is -0.362 e. The Morgan fingerprint density at radius 1 is 1.19 bits per heavy atom. The Kier molecular flexibility index (Phi) is 4.35. The molecule has 1 N–H and O–H groups in total. The molecule has 3 saturated carbocycles. The summed E-state index contributed by atoms with van der Waals surface area (Å²) in [7, 11) is 1.49. The Morgan fingerprint density at radius 2 is 1.88 bits per heavy atom. The molecule has 3 aliphatic rings. The number of pyridine rings is 1. The Bertz CT molecular complexity index is 1360. The number of hydrogen-bond acceptors (Lipinski definition) is 4. The molecule has 168 valence electrons. The lowest BCUT2D eigenvalue weighted by Gasteiger charge is -2.62. The first-order valence-corrected chi connectivity index (χ1v) is 10.6. The maximum absolute atomic E-state index is 13.4. The zero-order chi connectivity index (χ0) is 23.0. The van der Waals surface area contributed by atoms with E-state index in [9.17, 15) is 22.8 Å². The van der Waals surface area contributed by atoms with Crippen molar-refractivity contribution >= 4 is 16.6 Å². The molecule has 6 rings (SSSR count). The van der Waals surface area contributed by atoms with Crippen LogP contribution in [0.5, 0.6) is 0 Å². The number of nitrogens with one attached hydrogen (secondary N) is 1. The first kappa shape index (κ1) is 20.8. The molecule has 9 heteroatoms. The van der Waals surface area contributed by atoms with Gasteiger partial charge < -0.3 is 9.88 Å². The Morgan fingerprint density at radius 3 is 2.47 bits per heavy atom. The summed E-state index contributed by atoms with van der Waals surface area (Å²) in [6.07, 6.45) is 0.119. The zero-order valence-electron chi connectivity index (χ0n) is 18.0. The van der Waals surface area contributed by atoms with E-state index in [1.54, 1.807) is 23.8 Å². The highest BCUT2D eigenvalue weighted by atomic mass is 19.4. The second kappa shape index (κ2) is 6.70. The molecule has 1 atom stereocenters. The molecule has 2 heterocycles. The lowest BCUT2D eigenvalue weighted by molar-refractivity contribution is -0.138. The fourth-order valence-corrected chi connectivity index (χ4v) is 5.24. The maximum atomic E-state index is 13.4. The van der Waals surface area contributed by atoms with Crippen molar-refractivity contribution in [2.24, 2.45) is 13.0 Å². The largest absolute Gasteiger partial charge is 0.416 e. The molecule has 32 heavy (non-hydrogen) atoms. The number of nitrogens with zero attached hydrogens (tertiary/aromatic N) is 3. The summed E-state index contributed by atoms with van der Waals surface area (Å²) in [5.41, 5.74) is -0.838. The lowest BCUT2D eigenvalue weighted by Crippen LogP contribution is -2.61. The topological polar surface area (TPSA) is 68.9 Å². The average Bonchev–Trinajstić information content (AvgIpc) is 2.63. The lowest BCUT2D eigenvalue weighted by atomic mass is 9.49. The first-order chi connectivity index (χ1) is 15.0. The number of anilines is 1. The molecule has 3 aliphatic carbocycles. The second-order valence-electron chi connectivity index (χ2n) is 9.17. The van der Waals surface area contributed by atoms with Gasteiger partial charge in [-0.3, -0.25) is 9.59 Å². The predicted octanol–water partition coefficient (Wildman–Crippen LogP) is 4.10. The second-order valence-corrected chi connectivity index (χ2v) is 9.17. The van der Waals surface area contributed by atoms with Crippen molar-refractivity contribution in [3.63, 3.8) is 0 Å². The number of alkyl halides is 3. The first-order valence-electron chi connectivity index (χ1n) is 10.6. The zero-order valence-corrected chi connectivity index (χ0v) is 18.0. The number of fused-ring (bicyclic) bond motifs is 1. The summed E-state index contributed by atoms with van der Waals surface area (Å²) in [6.45, 7) is 3.20. The third-order valence-corrected chi connectivity index (χ3v) is 7.10. The van der Waals surface area contributed by atoms with Crippen molar-refractivity contribution in [2.45, 2.75) is 50.9 Å². The normalized spacial score (nSPS) is 22.9. The molecule has 1 aromatic carbocycles. The molecule has 0 amide bonds. The highest BCUT2D eigenvalue weighted by Crippen LogP contribution is 2.61. The van der Waals surface area contributed by atoms with Gasteiger partial charge in [0.25, 0.3) is 11.1 Å². The van der Waals surface area contributed by atoms with Crippen LogP contribution in [0.4, 0.5) is 19.0 Å². The van der Waals surface area contributed by atoms with E-state index in [0.29, 0.717) is 22.7 Å². The van der Waals surface area contributed by atoms with Crippen LogP contribution in [0, 0.1) is 12.8 Å². The van der Waals surface area contributed by atoms with E-state index in [0.717, 1.165) is 30.0 Å². The smallest absolute Gasteiger partial charge is 0.362 e. The highest BCUT2D eigenvalue weighted by Gasteiger charge is 2.58. The van der Waals surface area contributed by atoms with E-state index in [1.807, 2.05) is 0 Å². The fourth-order valence-electron chi connectivity index (χ4n) is 5.24. The van der Waals surface area contributed by atoms with Crippen molar-refractivity contribution in [2.75, 3.05) is 5.32 Å². The fraction of sp³-hybridized carbons (Fsp3) is 0.435. The van der Waals surface area contributed by atoms with Crippen molar-refractivity contribution < 1.29 is 13.2 Å². The third-order valence-electron chi connectivity index (χ3n) is 7.10. The van der Waals surface area contributed by atoms with Crippen LogP contribution < -0.4 is 16.4 Å². The van der Waals surface area contributed by atoms with E-state index in [-0.39, 0.29) is 22.0 Å². The minimum absolute atomic E-state index is 0.139. The van der Waals surface area contributed by atoms with Crippen LogP contribution in [0.3, 0.4) is 0 Å². The molecule has 0 aliphatic heterocycles. The van der Waals surface area contributed by atoms with E-state index in [1.165, 1.54) is 26.1 Å². The number of benzene rings is 1. The van der Waals surface area contributed by atoms with Gasteiger partial charge in [0.2, 0.25) is 0 Å². The quantitative estimate of drug-likeness (QED) is 0.658. The SMILES string of the molecule is Cc1c([C@@H](C)Nc2nn(C)c(=O)c3cc(=O)n(C45CC(C4)C5)cc23)cccc1C(F)(F)F. The highest BCUT2D eigenvalue weighted by molar-refractivity contribution is 5.90. The number of rotatable bonds is 4. The number of hydrogen-bond donors (Lipinski definition) is 1. The Balaban J connectivity index is 1.60. The summed E-state index contributed by atoms with van der Waals surface area (Å²) >= 11 is 0. The van der Waals surface area contributed by atoms with E-state index < -0.39 is 23.3 Å². The van der Waals surface area contributed by atoms with Gasteiger partial charge in [0.15, 0.2) is 5.82 Å². The molecule has 0 unspecified atom stereocenters. The standard InChI is InChI=1S/C23H23F3N4O2/c1-12-15(5-4-6-18(12)23(24,25)26)13(2)27-20-17-11-30(22-8-14(9-22)10-22)19(31)7-16(17)21(32)29(3)28-20/h4-7,11,13-14H,8-10H2,1-3H3,(H,27,28)/t13-,14?,22?/m1/s1. The van der Waals surface area contributed by atoms with Gasteiger partial charge >= 0.3 is 6.18 Å². The third kappa shape index (κ3) is 2.97. The number of aromatic nitrogens is 3. The van der Waals surface area contributed by atoms with Gasteiger partial charge in [0.05, 0.1) is 17.0 Å². The minimum atomic E-state index is -4.44. The van der Waals surface area contributed by atoms with E-state index >= 15 is 0 Å². The van der Waals surface area contributed by atoms with Gasteiger partial charge in [-0.1, -0.05) is 12.1 Å². The summed E-state index contributed by atoms with van der Waals surface area (Å²) in [6, 6.07) is 4.93. The van der Waals surface area contributed by atoms with Gasteiger partial charge in [-0.25, -0.2) is 4.68 Å². The predicted molar refractivity (Wildman–Crippen MR) is 115 cm³/mol. The summed E-state index contributed by atoms with van der Waals surface area (Å²) in [5, 5.41) is 8.25. The van der Waals surface area contributed by atoms with Gasteiger partial charge in [0, 0.05) is 30.2 Å². The summed E-state index contributed by atoms with van der Waals surface area (Å²) in [5.74, 6) is 1.02. The van der Waals surface area contributed by atoms with Crippen LogP contribution in [-0.2, 0) is 18.8 Å². The summed E-state index contributed by atoms with van der Waals surface area (Å²) < 4.78 is 42.9. The molecule has 6 nitrogen and oxygen atoms in total. The van der Waals surface area contributed by atoms with Crippen LogP contribution in [0.25, 0.3) is 10.8 Å². The van der Waals surface area contributed by atoms with E-state index in [2.05, 4.69) is 10.4 Å². The van der Waals surface area contributed by atoms with Crippen LogP contribution in [0.2, 0.25) is 0 Å². The molecule has 0 saturated heterocycles. The summed E-state index contributed by atoms with van der Waals surface area (Å²) in [4.78, 5) is 25.4. The molecule has 2 aromatic heterocycles. The number of halogens is 3. The Hall–Kier alpha value is -3.10. The van der Waals surface area contributed by atoms with E-state index in [4.69, 9.17) is 0 Å². The molecule has 3 fully saturated rings.